The van der Waals surface area contributed by atoms with Crippen LogP contribution in [0.3, 0.4) is 0 Å². The number of nitrogen functional groups attached to an aromatic ring is 1. The van der Waals surface area contributed by atoms with Gasteiger partial charge in [-0.1, -0.05) is 0 Å². The molecule has 2 rings (SSSR count). The van der Waals surface area contributed by atoms with Crippen molar-refractivity contribution in [3.05, 3.63) is 50.9 Å². The minimum atomic E-state index is -0.325. The molecule has 98 valence electrons. The summed E-state index contributed by atoms with van der Waals surface area (Å²) in [4.78, 5) is 12.0. The van der Waals surface area contributed by atoms with E-state index < -0.39 is 0 Å². The number of hydrogen-bond acceptors (Lipinski definition) is 3. The van der Waals surface area contributed by atoms with Crippen LogP contribution in [0, 0.1) is 0 Å². The maximum Gasteiger partial charge on any atom is 0.255 e. The summed E-state index contributed by atoms with van der Waals surface area (Å²) in [6, 6.07) is 9.74. The summed E-state index contributed by atoms with van der Waals surface area (Å²) < 4.78 is 1.27. The normalized spacial score (nSPS) is 10.2. The summed E-state index contributed by atoms with van der Waals surface area (Å²) in [6.07, 6.45) is 0. The fourth-order valence-corrected chi connectivity index (χ4v) is 2.08. The molecule has 0 unspecified atom stereocenters. The van der Waals surface area contributed by atoms with Crippen LogP contribution in [0.25, 0.3) is 0 Å². The number of carbonyl (C=O) groups is 1. The molecule has 0 bridgehead atoms. The van der Waals surface area contributed by atoms with Crippen molar-refractivity contribution in [2.45, 2.75) is 0 Å². The predicted octanol–water partition coefficient (Wildman–Crippen LogP) is 3.75. The number of phenolic OH excluding ortho intramolecular Hbond substituents is 1. The molecule has 4 N–H and O–H groups in total. The Bertz CT molecular complexity index is 645. The van der Waals surface area contributed by atoms with Crippen molar-refractivity contribution in [3.8, 4) is 5.75 Å². The maximum atomic E-state index is 12.0. The third-order valence-electron chi connectivity index (χ3n) is 2.45. The molecule has 0 radical (unpaired) electrons. The highest BCUT2D eigenvalue weighted by molar-refractivity contribution is 9.11. The lowest BCUT2D eigenvalue weighted by Gasteiger charge is -2.09. The Labute approximate surface area is 126 Å². The van der Waals surface area contributed by atoms with E-state index in [0.717, 1.165) is 4.47 Å². The van der Waals surface area contributed by atoms with Gasteiger partial charge in [-0.25, -0.2) is 0 Å². The molecule has 0 spiro atoms. The van der Waals surface area contributed by atoms with E-state index in [4.69, 9.17) is 5.73 Å². The monoisotopic (exact) mass is 384 g/mol. The van der Waals surface area contributed by atoms with Gasteiger partial charge in [0.25, 0.3) is 5.91 Å². The summed E-state index contributed by atoms with van der Waals surface area (Å²) in [5, 5.41) is 12.3. The number of nitrogens with one attached hydrogen (secondary N) is 1. The van der Waals surface area contributed by atoms with Crippen LogP contribution in [0.1, 0.15) is 10.4 Å². The van der Waals surface area contributed by atoms with Gasteiger partial charge in [0.2, 0.25) is 0 Å². The van der Waals surface area contributed by atoms with E-state index in [1.807, 2.05) is 0 Å². The first-order chi connectivity index (χ1) is 8.97. The Kier molecular flexibility index (Phi) is 4.11. The van der Waals surface area contributed by atoms with Gasteiger partial charge in [-0.05, 0) is 68.3 Å². The van der Waals surface area contributed by atoms with Crippen LogP contribution >= 0.6 is 31.9 Å². The van der Waals surface area contributed by atoms with E-state index in [1.165, 1.54) is 6.07 Å². The number of aromatic hydroxyl groups is 1. The zero-order valence-electron chi connectivity index (χ0n) is 9.65. The molecule has 0 aliphatic carbocycles. The molecule has 0 aliphatic heterocycles. The summed E-state index contributed by atoms with van der Waals surface area (Å²) in [6.45, 7) is 0. The van der Waals surface area contributed by atoms with Crippen molar-refractivity contribution >= 4 is 49.1 Å². The second kappa shape index (κ2) is 5.63. The molecule has 19 heavy (non-hydrogen) atoms. The summed E-state index contributed by atoms with van der Waals surface area (Å²) in [5.74, 6) is -0.312. The van der Waals surface area contributed by atoms with E-state index in [2.05, 4.69) is 37.2 Å². The molecule has 0 fully saturated rings. The first-order valence-electron chi connectivity index (χ1n) is 5.32. The van der Waals surface area contributed by atoms with E-state index >= 15 is 0 Å². The second-order valence-electron chi connectivity index (χ2n) is 3.86. The van der Waals surface area contributed by atoms with Crippen molar-refractivity contribution in [2.75, 3.05) is 11.1 Å². The second-order valence-corrected chi connectivity index (χ2v) is 5.57. The van der Waals surface area contributed by atoms with Gasteiger partial charge >= 0.3 is 0 Å². The van der Waals surface area contributed by atoms with Crippen LogP contribution in [0.4, 0.5) is 11.4 Å². The molecule has 0 atom stereocenters. The number of benzene rings is 2. The minimum absolute atomic E-state index is 0.0132. The van der Waals surface area contributed by atoms with Gasteiger partial charge in [0.15, 0.2) is 0 Å². The first kappa shape index (κ1) is 13.9. The number of halogens is 2. The van der Waals surface area contributed by atoms with Crippen LogP contribution in [0.2, 0.25) is 0 Å². The van der Waals surface area contributed by atoms with Gasteiger partial charge in [0, 0.05) is 15.7 Å². The highest BCUT2D eigenvalue weighted by atomic mass is 79.9. The summed E-state index contributed by atoms with van der Waals surface area (Å²) >= 11 is 6.49. The van der Waals surface area contributed by atoms with E-state index in [9.17, 15) is 9.90 Å². The Hall–Kier alpha value is -1.53. The van der Waals surface area contributed by atoms with Crippen LogP contribution in [0.5, 0.6) is 5.75 Å². The number of anilines is 2. The smallest absolute Gasteiger partial charge is 0.255 e. The van der Waals surface area contributed by atoms with E-state index in [1.54, 1.807) is 30.3 Å². The molecule has 2 aromatic carbocycles. The largest absolute Gasteiger partial charge is 0.507 e. The van der Waals surface area contributed by atoms with Crippen LogP contribution in [0.15, 0.2) is 45.3 Å². The van der Waals surface area contributed by atoms with E-state index in [-0.39, 0.29) is 11.7 Å². The topological polar surface area (TPSA) is 75.3 Å². The average molecular weight is 386 g/mol. The highest BCUT2D eigenvalue weighted by Gasteiger charge is 2.10. The fraction of sp³-hybridized carbons (Fsp3) is 0. The first-order valence-corrected chi connectivity index (χ1v) is 6.91. The van der Waals surface area contributed by atoms with Crippen molar-refractivity contribution in [1.82, 2.24) is 0 Å². The number of amides is 1. The van der Waals surface area contributed by atoms with Gasteiger partial charge in [-0.3, -0.25) is 4.79 Å². The average Bonchev–Trinajstić information content (AvgIpc) is 2.37. The van der Waals surface area contributed by atoms with Gasteiger partial charge in [-0.15, -0.1) is 0 Å². The van der Waals surface area contributed by atoms with Crippen molar-refractivity contribution in [1.29, 1.82) is 0 Å². The zero-order valence-corrected chi connectivity index (χ0v) is 12.8. The number of carbonyl (C=O) groups excluding carboxylic acids is 1. The van der Waals surface area contributed by atoms with Crippen molar-refractivity contribution in [2.24, 2.45) is 0 Å². The maximum absolute atomic E-state index is 12.0. The van der Waals surface area contributed by atoms with Gasteiger partial charge in [-0.2, -0.15) is 0 Å². The van der Waals surface area contributed by atoms with Crippen LogP contribution in [-0.2, 0) is 0 Å². The Morgan fingerprint density at radius 1 is 1.11 bits per heavy atom. The van der Waals surface area contributed by atoms with E-state index in [0.29, 0.717) is 21.4 Å². The van der Waals surface area contributed by atoms with Crippen LogP contribution < -0.4 is 11.1 Å². The van der Waals surface area contributed by atoms with Gasteiger partial charge < -0.3 is 16.2 Å². The Balaban J connectivity index is 2.25. The Morgan fingerprint density at radius 2 is 1.79 bits per heavy atom. The molecule has 0 heterocycles. The fourth-order valence-electron chi connectivity index (χ4n) is 1.49. The highest BCUT2D eigenvalue weighted by Crippen LogP contribution is 2.27. The molecule has 0 aromatic heterocycles. The quantitative estimate of drug-likeness (QED) is 0.689. The Morgan fingerprint density at radius 3 is 2.47 bits per heavy atom. The lowest BCUT2D eigenvalue weighted by Crippen LogP contribution is -2.12. The number of nitrogens with two attached hydrogens (primary N) is 1. The van der Waals surface area contributed by atoms with Gasteiger partial charge in [0.05, 0.1) is 10.2 Å². The number of rotatable bonds is 2. The molecular weight excluding hydrogens is 376 g/mol. The summed E-state index contributed by atoms with van der Waals surface area (Å²) in [7, 11) is 0. The molecule has 1 amide bonds. The zero-order chi connectivity index (χ0) is 14.0. The third-order valence-corrected chi connectivity index (χ3v) is 3.81. The number of phenols is 1. The minimum Gasteiger partial charge on any atom is -0.507 e. The van der Waals surface area contributed by atoms with Gasteiger partial charge in [0.1, 0.15) is 5.75 Å². The molecule has 0 saturated carbocycles. The molecule has 0 aliphatic rings. The van der Waals surface area contributed by atoms with Crippen molar-refractivity contribution < 1.29 is 9.90 Å². The summed E-state index contributed by atoms with van der Waals surface area (Å²) in [5.41, 5.74) is 7.15. The molecule has 6 heteroatoms. The standard InChI is InChI=1S/C13H10Br2N2O2/c14-9-4-2-8(16)6-11(9)17-13(19)7-1-3-10(15)12(18)5-7/h1-6,18H,16H2,(H,17,19). The third kappa shape index (κ3) is 3.27. The lowest BCUT2D eigenvalue weighted by molar-refractivity contribution is 0.102. The van der Waals surface area contributed by atoms with Crippen molar-refractivity contribution in [3.63, 3.8) is 0 Å². The molecular formula is C13H10Br2N2O2. The molecule has 2 aromatic rings. The number of hydrogen-bond donors (Lipinski definition) is 3. The van der Waals surface area contributed by atoms with Crippen LogP contribution in [-0.4, -0.2) is 11.0 Å². The predicted molar refractivity (Wildman–Crippen MR) is 82.3 cm³/mol. The lowest BCUT2D eigenvalue weighted by atomic mass is 10.2. The molecule has 0 saturated heterocycles. The SMILES string of the molecule is Nc1ccc(Br)c(NC(=O)c2ccc(Br)c(O)c2)c1. The molecule has 4 nitrogen and oxygen atoms in total.